The van der Waals surface area contributed by atoms with E-state index < -0.39 is 0 Å². The highest BCUT2D eigenvalue weighted by atomic mass is 16.5. The number of ether oxygens (including phenoxy) is 1. The van der Waals surface area contributed by atoms with Crippen molar-refractivity contribution in [2.45, 2.75) is 25.4 Å². The average Bonchev–Trinajstić information content (AvgIpc) is 2.93. The predicted octanol–water partition coefficient (Wildman–Crippen LogP) is 2.50. The lowest BCUT2D eigenvalue weighted by molar-refractivity contribution is 0.0631. The first-order valence-electron chi connectivity index (χ1n) is 7.75. The first-order chi connectivity index (χ1) is 11.2. The van der Waals surface area contributed by atoms with Gasteiger partial charge in [0.2, 0.25) is 0 Å². The van der Waals surface area contributed by atoms with Gasteiger partial charge in [0.25, 0.3) is 0 Å². The third-order valence-electron chi connectivity index (χ3n) is 4.37. The molecule has 0 spiro atoms. The highest BCUT2D eigenvalue weighted by molar-refractivity contribution is 6.09. The van der Waals surface area contributed by atoms with Gasteiger partial charge in [0.05, 0.1) is 17.1 Å². The lowest BCUT2D eigenvalue weighted by Crippen LogP contribution is -2.47. The minimum Gasteiger partial charge on any atom is -0.485 e. The smallest absolute Gasteiger partial charge is 0.142 e. The van der Waals surface area contributed by atoms with Gasteiger partial charge in [-0.05, 0) is 38.4 Å². The van der Waals surface area contributed by atoms with Crippen molar-refractivity contribution in [2.75, 3.05) is 13.1 Å². The number of H-pyrrole nitrogens is 1. The van der Waals surface area contributed by atoms with Crippen LogP contribution in [0.1, 0.15) is 25.5 Å². The summed E-state index contributed by atoms with van der Waals surface area (Å²) in [5.41, 5.74) is 1.76. The number of fused-ring (bicyclic) bond motifs is 3. The summed E-state index contributed by atoms with van der Waals surface area (Å²) in [7, 11) is 0. The van der Waals surface area contributed by atoms with Crippen LogP contribution in [0.25, 0.3) is 21.9 Å². The van der Waals surface area contributed by atoms with E-state index in [-0.39, 0.29) is 5.60 Å². The number of aromatic amines is 1. The van der Waals surface area contributed by atoms with Gasteiger partial charge in [-0.2, -0.15) is 5.26 Å². The molecule has 0 aromatic carbocycles. The van der Waals surface area contributed by atoms with E-state index in [9.17, 15) is 0 Å². The highest BCUT2D eigenvalue weighted by Crippen LogP contribution is 2.35. The Hall–Kier alpha value is -2.65. The van der Waals surface area contributed by atoms with Crippen molar-refractivity contribution in [3.05, 3.63) is 30.2 Å². The molecule has 1 aliphatic rings. The summed E-state index contributed by atoms with van der Waals surface area (Å²) in [4.78, 5) is 11.7. The molecule has 3 aromatic rings. The molecule has 0 bridgehead atoms. The Morgan fingerprint density at radius 2 is 2.30 bits per heavy atom. The second kappa shape index (κ2) is 5.21. The van der Waals surface area contributed by atoms with Crippen molar-refractivity contribution in [1.82, 2.24) is 20.3 Å². The number of aromatic nitrogens is 3. The minimum atomic E-state index is -0.235. The SMILES string of the molecule is CC1(Oc2ccnc3[nH]c4cnc(C#N)cc4c23)CCCNC1. The zero-order valence-electron chi connectivity index (χ0n) is 12.9. The second-order valence-corrected chi connectivity index (χ2v) is 6.22. The number of nitrogens with zero attached hydrogens (tertiary/aromatic N) is 3. The van der Waals surface area contributed by atoms with E-state index in [1.165, 1.54) is 0 Å². The molecule has 0 amide bonds. The zero-order chi connectivity index (χ0) is 15.9. The normalized spacial score (nSPS) is 21.4. The maximum Gasteiger partial charge on any atom is 0.142 e. The molecule has 1 aliphatic heterocycles. The first-order valence-corrected chi connectivity index (χ1v) is 7.75. The largest absolute Gasteiger partial charge is 0.485 e. The first kappa shape index (κ1) is 14.0. The van der Waals surface area contributed by atoms with Crippen molar-refractivity contribution in [3.63, 3.8) is 0 Å². The lowest BCUT2D eigenvalue weighted by Gasteiger charge is -2.34. The van der Waals surface area contributed by atoms with Gasteiger partial charge in [0.15, 0.2) is 0 Å². The molecule has 1 unspecified atom stereocenters. The minimum absolute atomic E-state index is 0.235. The fourth-order valence-corrected chi connectivity index (χ4v) is 3.22. The molecule has 1 atom stereocenters. The summed E-state index contributed by atoms with van der Waals surface area (Å²) < 4.78 is 6.37. The molecular formula is C17H17N5O. The van der Waals surface area contributed by atoms with Gasteiger partial charge in [-0.1, -0.05) is 0 Å². The van der Waals surface area contributed by atoms with Crippen LogP contribution in [0, 0.1) is 11.3 Å². The maximum absolute atomic E-state index is 9.10. The number of piperidine rings is 1. The van der Waals surface area contributed by atoms with E-state index in [2.05, 4.69) is 33.3 Å². The number of nitriles is 1. The third kappa shape index (κ3) is 2.39. The van der Waals surface area contributed by atoms with Crippen LogP contribution in [0.15, 0.2) is 24.5 Å². The molecular weight excluding hydrogens is 290 g/mol. The molecule has 4 heterocycles. The van der Waals surface area contributed by atoms with Crippen LogP contribution in [0.5, 0.6) is 5.75 Å². The van der Waals surface area contributed by atoms with E-state index in [1.54, 1.807) is 18.5 Å². The lowest BCUT2D eigenvalue weighted by atomic mass is 9.96. The van der Waals surface area contributed by atoms with Gasteiger partial charge in [-0.25, -0.2) is 9.97 Å². The number of hydrogen-bond donors (Lipinski definition) is 2. The van der Waals surface area contributed by atoms with Crippen LogP contribution in [-0.4, -0.2) is 33.6 Å². The molecule has 6 heteroatoms. The summed E-state index contributed by atoms with van der Waals surface area (Å²) >= 11 is 0. The molecule has 1 saturated heterocycles. The molecule has 0 aliphatic carbocycles. The summed E-state index contributed by atoms with van der Waals surface area (Å²) in [5, 5.41) is 14.3. The van der Waals surface area contributed by atoms with E-state index in [4.69, 9.17) is 10.00 Å². The van der Waals surface area contributed by atoms with E-state index in [1.807, 2.05) is 6.07 Å². The highest BCUT2D eigenvalue weighted by Gasteiger charge is 2.29. The van der Waals surface area contributed by atoms with Crippen LogP contribution < -0.4 is 10.1 Å². The molecule has 0 radical (unpaired) electrons. The molecule has 23 heavy (non-hydrogen) atoms. The fourth-order valence-electron chi connectivity index (χ4n) is 3.22. The molecule has 2 N–H and O–H groups in total. The van der Waals surface area contributed by atoms with E-state index in [0.717, 1.165) is 53.6 Å². The predicted molar refractivity (Wildman–Crippen MR) is 87.2 cm³/mol. The molecule has 3 aromatic heterocycles. The quantitative estimate of drug-likeness (QED) is 0.759. The van der Waals surface area contributed by atoms with Crippen LogP contribution in [0.2, 0.25) is 0 Å². The van der Waals surface area contributed by atoms with Gasteiger partial charge in [-0.3, -0.25) is 0 Å². The monoisotopic (exact) mass is 307 g/mol. The number of hydrogen-bond acceptors (Lipinski definition) is 5. The van der Waals surface area contributed by atoms with Gasteiger partial charge in [-0.15, -0.1) is 0 Å². The van der Waals surface area contributed by atoms with Crippen molar-refractivity contribution in [2.24, 2.45) is 0 Å². The third-order valence-corrected chi connectivity index (χ3v) is 4.37. The molecule has 116 valence electrons. The van der Waals surface area contributed by atoms with Crippen LogP contribution in [0.4, 0.5) is 0 Å². The summed E-state index contributed by atoms with van der Waals surface area (Å²) in [6.07, 6.45) is 5.52. The standard InChI is InChI=1S/C17H17N5O/c1-17(4-2-5-19-10-17)23-14-3-6-20-16-15(14)12-7-11(8-18)21-9-13(12)22-16/h3,6-7,9,19H,2,4-5,10H2,1H3,(H,20,22). The summed E-state index contributed by atoms with van der Waals surface area (Å²) in [6, 6.07) is 5.76. The van der Waals surface area contributed by atoms with Crippen molar-refractivity contribution in [1.29, 1.82) is 5.26 Å². The number of rotatable bonds is 2. The maximum atomic E-state index is 9.10. The van der Waals surface area contributed by atoms with Gasteiger partial charge < -0.3 is 15.0 Å². The van der Waals surface area contributed by atoms with Crippen LogP contribution >= 0.6 is 0 Å². The van der Waals surface area contributed by atoms with Crippen molar-refractivity contribution < 1.29 is 4.74 Å². The fraction of sp³-hybridized carbons (Fsp3) is 0.353. The van der Waals surface area contributed by atoms with Crippen LogP contribution in [-0.2, 0) is 0 Å². The molecule has 1 fully saturated rings. The molecule has 0 saturated carbocycles. The summed E-state index contributed by atoms with van der Waals surface area (Å²) in [6.45, 7) is 3.99. The number of nitrogens with one attached hydrogen (secondary N) is 2. The average molecular weight is 307 g/mol. The Bertz CT molecular complexity index is 918. The van der Waals surface area contributed by atoms with Gasteiger partial charge in [0, 0.05) is 18.1 Å². The van der Waals surface area contributed by atoms with Crippen molar-refractivity contribution >= 4 is 21.9 Å². The topological polar surface area (TPSA) is 86.6 Å². The molecule has 4 rings (SSSR count). The Morgan fingerprint density at radius 3 is 3.09 bits per heavy atom. The zero-order valence-corrected chi connectivity index (χ0v) is 12.9. The van der Waals surface area contributed by atoms with Crippen LogP contribution in [0.3, 0.4) is 0 Å². The van der Waals surface area contributed by atoms with E-state index in [0.29, 0.717) is 5.69 Å². The molecule has 6 nitrogen and oxygen atoms in total. The van der Waals surface area contributed by atoms with Gasteiger partial charge in [0.1, 0.15) is 28.8 Å². The Kier molecular flexibility index (Phi) is 3.17. The van der Waals surface area contributed by atoms with Crippen molar-refractivity contribution in [3.8, 4) is 11.8 Å². The van der Waals surface area contributed by atoms with Gasteiger partial charge >= 0.3 is 0 Å². The Balaban J connectivity index is 1.87. The Morgan fingerprint density at radius 1 is 1.39 bits per heavy atom. The summed E-state index contributed by atoms with van der Waals surface area (Å²) in [5.74, 6) is 0.794. The number of pyridine rings is 2. The van der Waals surface area contributed by atoms with E-state index >= 15 is 0 Å². The second-order valence-electron chi connectivity index (χ2n) is 6.22. The Labute approximate surface area is 133 Å².